The van der Waals surface area contributed by atoms with Gasteiger partial charge in [-0.1, -0.05) is 0 Å². The molecule has 100 valence electrons. The second-order valence-electron chi connectivity index (χ2n) is 3.57. The number of esters is 1. The monoisotopic (exact) mass is 266 g/mol. The number of carbonyl (C=O) groups excluding carboxylic acids is 1. The third kappa shape index (κ3) is 3.03. The van der Waals surface area contributed by atoms with Crippen molar-refractivity contribution in [3.63, 3.8) is 0 Å². The van der Waals surface area contributed by atoms with Crippen LogP contribution in [0.15, 0.2) is 18.3 Å². The van der Waals surface area contributed by atoms with Crippen molar-refractivity contribution < 1.29 is 18.7 Å². The Morgan fingerprint density at radius 1 is 1.47 bits per heavy atom. The quantitative estimate of drug-likeness (QED) is 0.753. The van der Waals surface area contributed by atoms with Gasteiger partial charge in [0.05, 0.1) is 13.3 Å². The number of ether oxygens (including phenoxy) is 2. The van der Waals surface area contributed by atoms with Crippen molar-refractivity contribution in [1.82, 2.24) is 19.7 Å². The van der Waals surface area contributed by atoms with E-state index in [0.29, 0.717) is 11.5 Å². The van der Waals surface area contributed by atoms with Gasteiger partial charge in [-0.3, -0.25) is 0 Å². The molecule has 0 saturated heterocycles. The maximum atomic E-state index is 12.8. The number of hydrogen-bond donors (Lipinski definition) is 0. The topological polar surface area (TPSA) is 79.1 Å². The van der Waals surface area contributed by atoms with E-state index in [1.165, 1.54) is 23.9 Å². The summed E-state index contributed by atoms with van der Waals surface area (Å²) < 4.78 is 23.7. The first-order valence-electron chi connectivity index (χ1n) is 5.32. The van der Waals surface area contributed by atoms with Gasteiger partial charge in [-0.25, -0.2) is 18.9 Å². The Balaban J connectivity index is 2.16. The van der Waals surface area contributed by atoms with E-state index in [-0.39, 0.29) is 12.6 Å². The smallest absolute Gasteiger partial charge is 0.344 e. The molecule has 0 N–H and O–H groups in total. The SMILES string of the molecule is COC(=O)COc1nc(-c2ccc(F)cn2)n(C)n1. The summed E-state index contributed by atoms with van der Waals surface area (Å²) in [6.45, 7) is -0.281. The lowest BCUT2D eigenvalue weighted by Gasteiger charge is -1.98. The van der Waals surface area contributed by atoms with Crippen LogP contribution < -0.4 is 4.74 Å². The maximum absolute atomic E-state index is 12.8. The minimum Gasteiger partial charge on any atom is -0.466 e. The molecule has 0 unspecified atom stereocenters. The Morgan fingerprint density at radius 2 is 2.26 bits per heavy atom. The number of aryl methyl sites for hydroxylation is 1. The lowest BCUT2D eigenvalue weighted by atomic mass is 10.3. The molecule has 2 aromatic rings. The van der Waals surface area contributed by atoms with Gasteiger partial charge >= 0.3 is 12.0 Å². The summed E-state index contributed by atoms with van der Waals surface area (Å²) in [7, 11) is 2.89. The summed E-state index contributed by atoms with van der Waals surface area (Å²) in [5.74, 6) is -0.568. The highest BCUT2D eigenvalue weighted by Gasteiger charge is 2.13. The van der Waals surface area contributed by atoms with Gasteiger partial charge in [0, 0.05) is 7.05 Å². The molecule has 7 nitrogen and oxygen atoms in total. The summed E-state index contributed by atoms with van der Waals surface area (Å²) in [5.41, 5.74) is 0.448. The van der Waals surface area contributed by atoms with Gasteiger partial charge in [0.15, 0.2) is 12.4 Å². The Kier molecular flexibility index (Phi) is 3.69. The van der Waals surface area contributed by atoms with Crippen molar-refractivity contribution in [2.75, 3.05) is 13.7 Å². The molecule has 8 heteroatoms. The largest absolute Gasteiger partial charge is 0.466 e. The van der Waals surface area contributed by atoms with Crippen LogP contribution in [-0.2, 0) is 16.6 Å². The number of halogens is 1. The fourth-order valence-corrected chi connectivity index (χ4v) is 1.34. The molecule has 0 aliphatic rings. The number of rotatable bonds is 4. The number of pyridine rings is 1. The van der Waals surface area contributed by atoms with Gasteiger partial charge in [0.25, 0.3) is 0 Å². The van der Waals surface area contributed by atoms with E-state index >= 15 is 0 Å². The molecule has 0 radical (unpaired) electrons. The molecule has 0 aliphatic carbocycles. The number of carbonyl (C=O) groups is 1. The minimum absolute atomic E-state index is 0.0222. The minimum atomic E-state index is -0.533. The number of nitrogens with zero attached hydrogens (tertiary/aromatic N) is 4. The summed E-state index contributed by atoms with van der Waals surface area (Å²) in [4.78, 5) is 18.9. The highest BCUT2D eigenvalue weighted by molar-refractivity contribution is 5.70. The van der Waals surface area contributed by atoms with Gasteiger partial charge in [0.1, 0.15) is 11.5 Å². The number of methoxy groups -OCH3 is 1. The van der Waals surface area contributed by atoms with Crippen LogP contribution in [0.3, 0.4) is 0 Å². The first-order valence-corrected chi connectivity index (χ1v) is 5.32. The van der Waals surface area contributed by atoms with Crippen LogP contribution in [0, 0.1) is 5.82 Å². The fraction of sp³-hybridized carbons (Fsp3) is 0.273. The summed E-state index contributed by atoms with van der Waals surface area (Å²) in [6, 6.07) is 2.77. The molecule has 0 atom stereocenters. The van der Waals surface area contributed by atoms with Crippen LogP contribution in [0.5, 0.6) is 6.01 Å². The molecule has 19 heavy (non-hydrogen) atoms. The van der Waals surface area contributed by atoms with E-state index < -0.39 is 11.8 Å². The predicted molar refractivity (Wildman–Crippen MR) is 61.7 cm³/mol. The molecule has 0 aromatic carbocycles. The third-order valence-corrected chi connectivity index (χ3v) is 2.25. The van der Waals surface area contributed by atoms with Crippen molar-refractivity contribution >= 4 is 5.97 Å². The normalized spacial score (nSPS) is 10.3. The Labute approximate surface area is 108 Å². The van der Waals surface area contributed by atoms with Gasteiger partial charge in [-0.2, -0.15) is 4.98 Å². The zero-order valence-corrected chi connectivity index (χ0v) is 10.3. The van der Waals surface area contributed by atoms with Crippen LogP contribution in [0.1, 0.15) is 0 Å². The molecule has 0 saturated carbocycles. The molecule has 2 aromatic heterocycles. The summed E-state index contributed by atoms with van der Waals surface area (Å²) in [6.07, 6.45) is 1.08. The average molecular weight is 266 g/mol. The van der Waals surface area contributed by atoms with Crippen LogP contribution in [0.25, 0.3) is 11.5 Å². The average Bonchev–Trinajstić information content (AvgIpc) is 2.78. The standard InChI is InChI=1S/C11H11FN4O3/c1-16-10(8-4-3-7(12)5-13-8)14-11(15-16)19-6-9(17)18-2/h3-5H,6H2,1-2H3. The molecule has 0 aliphatic heterocycles. The van der Waals surface area contributed by atoms with Crippen molar-refractivity contribution in [3.05, 3.63) is 24.1 Å². The zero-order chi connectivity index (χ0) is 13.8. The number of aromatic nitrogens is 4. The number of hydrogen-bond acceptors (Lipinski definition) is 6. The Bertz CT molecular complexity index is 582. The molecule has 0 spiro atoms. The Hall–Kier alpha value is -2.51. The van der Waals surface area contributed by atoms with E-state index in [0.717, 1.165) is 6.20 Å². The molecule has 0 amide bonds. The van der Waals surface area contributed by atoms with Gasteiger partial charge in [-0.05, 0) is 12.1 Å². The molecule has 2 heterocycles. The van der Waals surface area contributed by atoms with Crippen molar-refractivity contribution in [1.29, 1.82) is 0 Å². The molecule has 2 rings (SSSR count). The molecule has 0 bridgehead atoms. The van der Waals surface area contributed by atoms with E-state index in [4.69, 9.17) is 4.74 Å². The fourth-order valence-electron chi connectivity index (χ4n) is 1.34. The second kappa shape index (κ2) is 5.42. The van der Waals surface area contributed by atoms with Gasteiger partial charge < -0.3 is 9.47 Å². The zero-order valence-electron chi connectivity index (χ0n) is 10.3. The van der Waals surface area contributed by atoms with Crippen LogP contribution in [0.4, 0.5) is 4.39 Å². The maximum Gasteiger partial charge on any atom is 0.344 e. The molecule has 0 fully saturated rings. The predicted octanol–water partition coefficient (Wildman–Crippen LogP) is 0.568. The van der Waals surface area contributed by atoms with Gasteiger partial charge in [-0.15, -0.1) is 5.10 Å². The van der Waals surface area contributed by atoms with E-state index in [1.54, 1.807) is 7.05 Å². The van der Waals surface area contributed by atoms with Crippen molar-refractivity contribution in [3.8, 4) is 17.5 Å². The molecular weight excluding hydrogens is 255 g/mol. The summed E-state index contributed by atoms with van der Waals surface area (Å²) >= 11 is 0. The van der Waals surface area contributed by atoms with E-state index in [2.05, 4.69) is 19.8 Å². The first-order chi connectivity index (χ1) is 9.10. The first kappa shape index (κ1) is 12.9. The highest BCUT2D eigenvalue weighted by Crippen LogP contribution is 2.16. The second-order valence-corrected chi connectivity index (χ2v) is 3.57. The lowest BCUT2D eigenvalue weighted by molar-refractivity contribution is -0.143. The van der Waals surface area contributed by atoms with Crippen LogP contribution in [-0.4, -0.2) is 39.4 Å². The summed E-state index contributed by atoms with van der Waals surface area (Å²) in [5, 5.41) is 3.96. The van der Waals surface area contributed by atoms with Crippen LogP contribution in [0.2, 0.25) is 0 Å². The van der Waals surface area contributed by atoms with E-state index in [1.807, 2.05) is 0 Å². The molecular formula is C11H11FN4O3. The van der Waals surface area contributed by atoms with Crippen LogP contribution >= 0.6 is 0 Å². The van der Waals surface area contributed by atoms with Gasteiger partial charge in [0.2, 0.25) is 0 Å². The van der Waals surface area contributed by atoms with Crippen molar-refractivity contribution in [2.24, 2.45) is 7.05 Å². The third-order valence-electron chi connectivity index (χ3n) is 2.25. The van der Waals surface area contributed by atoms with Crippen molar-refractivity contribution in [2.45, 2.75) is 0 Å². The van der Waals surface area contributed by atoms with E-state index in [9.17, 15) is 9.18 Å². The lowest BCUT2D eigenvalue weighted by Crippen LogP contribution is -2.13. The Morgan fingerprint density at radius 3 is 2.89 bits per heavy atom. The highest BCUT2D eigenvalue weighted by atomic mass is 19.1.